The Hall–Kier alpha value is -0.0400. The van der Waals surface area contributed by atoms with E-state index in [1.54, 1.807) is 0 Å². The zero-order valence-corrected chi connectivity index (χ0v) is 12.7. The van der Waals surface area contributed by atoms with Crippen molar-refractivity contribution >= 4 is 0 Å². The molecule has 1 nitrogen and oxygen atoms in total. The van der Waals surface area contributed by atoms with Crippen LogP contribution in [0.1, 0.15) is 66.7 Å². The Morgan fingerprint density at radius 1 is 0.882 bits per heavy atom. The van der Waals surface area contributed by atoms with Gasteiger partial charge in [-0.1, -0.05) is 41.0 Å². The van der Waals surface area contributed by atoms with Gasteiger partial charge in [0.1, 0.15) is 0 Å². The normalized spacial score (nSPS) is 26.6. The first-order chi connectivity index (χ1) is 8.00. The molecular weight excluding hydrogens is 206 g/mol. The van der Waals surface area contributed by atoms with Crippen molar-refractivity contribution in [1.82, 2.24) is 4.90 Å². The minimum atomic E-state index is 0.833. The summed E-state index contributed by atoms with van der Waals surface area (Å²) in [5.74, 6) is 2.71. The van der Waals surface area contributed by atoms with Crippen LogP contribution in [0, 0.1) is 17.8 Å². The summed E-state index contributed by atoms with van der Waals surface area (Å²) in [5.41, 5.74) is 0. The van der Waals surface area contributed by atoms with E-state index in [1.807, 2.05) is 0 Å². The van der Waals surface area contributed by atoms with Crippen molar-refractivity contribution < 1.29 is 0 Å². The van der Waals surface area contributed by atoms with E-state index < -0.39 is 0 Å². The van der Waals surface area contributed by atoms with Gasteiger partial charge in [-0.15, -0.1) is 0 Å². The molecular formula is C16H33N. The standard InChI is InChI=1S/C12H23N.C4H10/c1-10(2)11-5-4-8-13(9-11)12-6-3-7-12;1-4(2)3/h10-12H,3-9H2,1-2H3;4H,1-3H3/t11-;/m1./s1. The third kappa shape index (κ3) is 5.42. The van der Waals surface area contributed by atoms with Gasteiger partial charge in [0, 0.05) is 12.6 Å². The van der Waals surface area contributed by atoms with Gasteiger partial charge in [0.15, 0.2) is 0 Å². The quantitative estimate of drug-likeness (QED) is 0.682. The molecule has 0 aromatic rings. The third-order valence-corrected chi connectivity index (χ3v) is 4.02. The molecule has 17 heavy (non-hydrogen) atoms. The summed E-state index contributed by atoms with van der Waals surface area (Å²) >= 11 is 0. The highest BCUT2D eigenvalue weighted by atomic mass is 15.2. The van der Waals surface area contributed by atoms with Gasteiger partial charge < -0.3 is 4.90 Å². The lowest BCUT2D eigenvalue weighted by atomic mass is 9.84. The summed E-state index contributed by atoms with van der Waals surface area (Å²) in [6.45, 7) is 14.0. The van der Waals surface area contributed by atoms with Crippen LogP contribution in [0.25, 0.3) is 0 Å². The molecule has 2 fully saturated rings. The molecule has 2 rings (SSSR count). The first-order valence-electron chi connectivity index (χ1n) is 7.74. The molecule has 2 aliphatic rings. The van der Waals surface area contributed by atoms with Crippen molar-refractivity contribution in [3.05, 3.63) is 0 Å². The molecule has 1 heterocycles. The third-order valence-electron chi connectivity index (χ3n) is 4.02. The zero-order valence-electron chi connectivity index (χ0n) is 12.7. The van der Waals surface area contributed by atoms with Gasteiger partial charge in [0.05, 0.1) is 0 Å². The Balaban J connectivity index is 0.000000317. The van der Waals surface area contributed by atoms with Crippen LogP contribution in [-0.2, 0) is 0 Å². The van der Waals surface area contributed by atoms with Gasteiger partial charge in [0.25, 0.3) is 0 Å². The maximum Gasteiger partial charge on any atom is 0.00953 e. The predicted octanol–water partition coefficient (Wildman–Crippen LogP) is 4.57. The fourth-order valence-corrected chi connectivity index (χ4v) is 2.67. The fourth-order valence-electron chi connectivity index (χ4n) is 2.67. The minimum absolute atomic E-state index is 0.833. The summed E-state index contributed by atoms with van der Waals surface area (Å²) in [6, 6.07) is 0.974. The minimum Gasteiger partial charge on any atom is -0.300 e. The molecule has 1 saturated heterocycles. The van der Waals surface area contributed by atoms with Crippen LogP contribution in [0.4, 0.5) is 0 Å². The fraction of sp³-hybridized carbons (Fsp3) is 1.00. The SMILES string of the molecule is CC(C)C.CC(C)[C@@H]1CCCN(C2CCC2)C1. The van der Waals surface area contributed by atoms with E-state index in [4.69, 9.17) is 0 Å². The lowest BCUT2D eigenvalue weighted by molar-refractivity contribution is 0.0632. The van der Waals surface area contributed by atoms with Crippen molar-refractivity contribution in [3.63, 3.8) is 0 Å². The molecule has 1 saturated carbocycles. The van der Waals surface area contributed by atoms with Crippen LogP contribution in [0.3, 0.4) is 0 Å². The first-order valence-corrected chi connectivity index (χ1v) is 7.74. The van der Waals surface area contributed by atoms with Gasteiger partial charge >= 0.3 is 0 Å². The Labute approximate surface area is 109 Å². The van der Waals surface area contributed by atoms with Crippen molar-refractivity contribution in [2.24, 2.45) is 17.8 Å². The summed E-state index contributed by atoms with van der Waals surface area (Å²) in [5, 5.41) is 0. The number of rotatable bonds is 2. The molecule has 1 aliphatic heterocycles. The summed E-state index contributed by atoms with van der Waals surface area (Å²) in [4.78, 5) is 2.76. The van der Waals surface area contributed by atoms with Crippen LogP contribution < -0.4 is 0 Å². The second kappa shape index (κ2) is 7.41. The van der Waals surface area contributed by atoms with Gasteiger partial charge in [-0.3, -0.25) is 0 Å². The van der Waals surface area contributed by atoms with Gasteiger partial charge in [0.2, 0.25) is 0 Å². The highest BCUT2D eigenvalue weighted by Gasteiger charge is 2.30. The highest BCUT2D eigenvalue weighted by molar-refractivity contribution is 4.84. The molecule has 1 atom stereocenters. The Kier molecular flexibility index (Phi) is 6.54. The summed E-state index contributed by atoms with van der Waals surface area (Å²) in [6.07, 6.45) is 7.35. The molecule has 0 aromatic carbocycles. The second-order valence-corrected chi connectivity index (χ2v) is 6.96. The second-order valence-electron chi connectivity index (χ2n) is 6.96. The van der Waals surface area contributed by atoms with Crippen LogP contribution in [0.15, 0.2) is 0 Å². The maximum atomic E-state index is 2.76. The van der Waals surface area contributed by atoms with E-state index in [0.717, 1.165) is 23.8 Å². The molecule has 1 heteroatoms. The monoisotopic (exact) mass is 239 g/mol. The van der Waals surface area contributed by atoms with Crippen LogP contribution >= 0.6 is 0 Å². The largest absolute Gasteiger partial charge is 0.300 e. The Morgan fingerprint density at radius 3 is 1.88 bits per heavy atom. The van der Waals surface area contributed by atoms with Gasteiger partial charge in [-0.2, -0.15) is 0 Å². The predicted molar refractivity (Wildman–Crippen MR) is 77.3 cm³/mol. The number of hydrogen-bond acceptors (Lipinski definition) is 1. The summed E-state index contributed by atoms with van der Waals surface area (Å²) < 4.78 is 0. The number of piperidine rings is 1. The van der Waals surface area contributed by atoms with Gasteiger partial charge in [-0.25, -0.2) is 0 Å². The van der Waals surface area contributed by atoms with Crippen molar-refractivity contribution in [1.29, 1.82) is 0 Å². The highest BCUT2D eigenvalue weighted by Crippen LogP contribution is 2.31. The topological polar surface area (TPSA) is 3.24 Å². The van der Waals surface area contributed by atoms with E-state index >= 15 is 0 Å². The molecule has 0 radical (unpaired) electrons. The Morgan fingerprint density at radius 2 is 1.47 bits per heavy atom. The molecule has 0 N–H and O–H groups in total. The van der Waals surface area contributed by atoms with Crippen LogP contribution in [0.5, 0.6) is 0 Å². The number of nitrogens with zero attached hydrogens (tertiary/aromatic N) is 1. The lowest BCUT2D eigenvalue weighted by Gasteiger charge is -2.43. The van der Waals surface area contributed by atoms with E-state index in [0.29, 0.717) is 0 Å². The first kappa shape index (κ1) is 15.0. The molecule has 0 unspecified atom stereocenters. The maximum absolute atomic E-state index is 2.76. The zero-order chi connectivity index (χ0) is 12.8. The van der Waals surface area contributed by atoms with Crippen LogP contribution in [-0.4, -0.2) is 24.0 Å². The molecule has 102 valence electrons. The van der Waals surface area contributed by atoms with E-state index in [9.17, 15) is 0 Å². The van der Waals surface area contributed by atoms with Gasteiger partial charge in [-0.05, 0) is 50.0 Å². The Bertz CT molecular complexity index is 191. The molecule has 0 spiro atoms. The average Bonchev–Trinajstić information content (AvgIpc) is 2.14. The molecule has 1 aliphatic carbocycles. The number of hydrogen-bond donors (Lipinski definition) is 0. The molecule has 0 bridgehead atoms. The van der Waals surface area contributed by atoms with E-state index in [2.05, 4.69) is 39.5 Å². The molecule has 0 amide bonds. The van der Waals surface area contributed by atoms with E-state index in [-0.39, 0.29) is 0 Å². The van der Waals surface area contributed by atoms with Crippen molar-refractivity contribution in [2.75, 3.05) is 13.1 Å². The smallest absolute Gasteiger partial charge is 0.00953 e. The van der Waals surface area contributed by atoms with Crippen LogP contribution in [0.2, 0.25) is 0 Å². The molecule has 0 aromatic heterocycles. The van der Waals surface area contributed by atoms with E-state index in [1.165, 1.54) is 45.2 Å². The van der Waals surface area contributed by atoms with Crippen molar-refractivity contribution in [3.8, 4) is 0 Å². The number of likely N-dealkylation sites (tertiary alicyclic amines) is 1. The lowest BCUT2D eigenvalue weighted by Crippen LogP contribution is -2.46. The summed E-state index contributed by atoms with van der Waals surface area (Å²) in [7, 11) is 0. The van der Waals surface area contributed by atoms with Crippen molar-refractivity contribution in [2.45, 2.75) is 72.8 Å². The average molecular weight is 239 g/mol.